The van der Waals surface area contributed by atoms with E-state index in [4.69, 9.17) is 0 Å². The van der Waals surface area contributed by atoms with Gasteiger partial charge < -0.3 is 10.3 Å². The van der Waals surface area contributed by atoms with E-state index in [2.05, 4.69) is 20.4 Å². The predicted octanol–water partition coefficient (Wildman–Crippen LogP) is 2.28. The predicted molar refractivity (Wildman–Crippen MR) is 79.3 cm³/mol. The van der Waals surface area contributed by atoms with Crippen molar-refractivity contribution < 1.29 is 4.92 Å². The summed E-state index contributed by atoms with van der Waals surface area (Å²) >= 11 is 0. The van der Waals surface area contributed by atoms with Crippen LogP contribution in [0, 0.1) is 17.0 Å². The Morgan fingerprint density at radius 3 is 2.95 bits per heavy atom. The fourth-order valence-electron chi connectivity index (χ4n) is 2.24. The lowest BCUT2D eigenvalue weighted by Gasteiger charge is -2.08. The maximum atomic E-state index is 11.2. The molecule has 0 unspecified atom stereocenters. The van der Waals surface area contributed by atoms with E-state index in [1.54, 1.807) is 24.0 Å². The van der Waals surface area contributed by atoms with E-state index < -0.39 is 0 Å². The van der Waals surface area contributed by atoms with Crippen molar-refractivity contribution in [3.05, 3.63) is 34.0 Å². The second-order valence-electron chi connectivity index (χ2n) is 4.83. The molecule has 0 aliphatic rings. The molecule has 0 fully saturated rings. The molecule has 0 saturated heterocycles. The minimum atomic E-state index is -0.372. The SMILES string of the molecule is CCCn1nc(C)c([N+](=O)[O-])c1NCCCc1ncc[nH]1. The van der Waals surface area contributed by atoms with Gasteiger partial charge in [0.2, 0.25) is 5.82 Å². The van der Waals surface area contributed by atoms with Crippen molar-refractivity contribution >= 4 is 11.5 Å². The quantitative estimate of drug-likeness (QED) is 0.441. The van der Waals surface area contributed by atoms with Gasteiger partial charge in [-0.2, -0.15) is 5.10 Å². The maximum absolute atomic E-state index is 11.2. The Labute approximate surface area is 122 Å². The van der Waals surface area contributed by atoms with Crippen LogP contribution in [0.5, 0.6) is 0 Å². The molecule has 8 heteroatoms. The van der Waals surface area contributed by atoms with Crippen LogP contribution >= 0.6 is 0 Å². The van der Waals surface area contributed by atoms with Crippen LogP contribution in [-0.4, -0.2) is 31.2 Å². The molecular formula is C13H20N6O2. The van der Waals surface area contributed by atoms with Gasteiger partial charge in [-0.1, -0.05) is 6.92 Å². The Morgan fingerprint density at radius 1 is 1.52 bits per heavy atom. The minimum absolute atomic E-state index is 0.0708. The Morgan fingerprint density at radius 2 is 2.33 bits per heavy atom. The molecule has 0 spiro atoms. The number of hydrogen-bond acceptors (Lipinski definition) is 5. The fourth-order valence-corrected chi connectivity index (χ4v) is 2.24. The number of anilines is 1. The lowest BCUT2D eigenvalue weighted by molar-refractivity contribution is -0.384. The lowest BCUT2D eigenvalue weighted by Crippen LogP contribution is -2.11. The van der Waals surface area contributed by atoms with E-state index in [9.17, 15) is 10.1 Å². The Balaban J connectivity index is 2.01. The van der Waals surface area contributed by atoms with Crippen LogP contribution in [0.4, 0.5) is 11.5 Å². The van der Waals surface area contributed by atoms with Crippen molar-refractivity contribution in [3.8, 4) is 0 Å². The number of aryl methyl sites for hydroxylation is 3. The highest BCUT2D eigenvalue weighted by molar-refractivity contribution is 5.59. The van der Waals surface area contributed by atoms with Crippen LogP contribution in [0.15, 0.2) is 12.4 Å². The molecule has 0 amide bonds. The van der Waals surface area contributed by atoms with E-state index in [-0.39, 0.29) is 10.6 Å². The zero-order valence-corrected chi connectivity index (χ0v) is 12.3. The number of imidazole rings is 1. The third kappa shape index (κ3) is 3.59. The van der Waals surface area contributed by atoms with Crippen molar-refractivity contribution in [3.63, 3.8) is 0 Å². The van der Waals surface area contributed by atoms with Gasteiger partial charge in [0.05, 0.1) is 4.92 Å². The highest BCUT2D eigenvalue weighted by Crippen LogP contribution is 2.28. The third-order valence-corrected chi connectivity index (χ3v) is 3.15. The molecule has 2 rings (SSSR count). The third-order valence-electron chi connectivity index (χ3n) is 3.15. The van der Waals surface area contributed by atoms with Gasteiger partial charge in [0.15, 0.2) is 0 Å². The van der Waals surface area contributed by atoms with Crippen LogP contribution in [0.25, 0.3) is 0 Å². The summed E-state index contributed by atoms with van der Waals surface area (Å²) in [6, 6.07) is 0. The number of nitrogens with zero attached hydrogens (tertiary/aromatic N) is 4. The average molecular weight is 292 g/mol. The summed E-state index contributed by atoms with van der Waals surface area (Å²) < 4.78 is 1.68. The highest BCUT2D eigenvalue weighted by Gasteiger charge is 2.24. The van der Waals surface area contributed by atoms with Gasteiger partial charge >= 0.3 is 5.69 Å². The molecule has 0 aliphatic heterocycles. The molecule has 0 saturated carbocycles. The first kappa shape index (κ1) is 15.0. The summed E-state index contributed by atoms with van der Waals surface area (Å²) in [4.78, 5) is 18.0. The Hall–Kier alpha value is -2.38. The van der Waals surface area contributed by atoms with Gasteiger partial charge in [-0.15, -0.1) is 0 Å². The molecule has 0 radical (unpaired) electrons. The zero-order chi connectivity index (χ0) is 15.2. The molecular weight excluding hydrogens is 272 g/mol. The second kappa shape index (κ2) is 6.87. The van der Waals surface area contributed by atoms with Crippen molar-refractivity contribution in [1.29, 1.82) is 0 Å². The van der Waals surface area contributed by atoms with Crippen LogP contribution in [0.1, 0.15) is 31.3 Å². The molecule has 0 aromatic carbocycles. The zero-order valence-electron chi connectivity index (χ0n) is 12.3. The van der Waals surface area contributed by atoms with E-state index in [1.165, 1.54) is 0 Å². The molecule has 21 heavy (non-hydrogen) atoms. The summed E-state index contributed by atoms with van der Waals surface area (Å²) in [5.74, 6) is 1.42. The molecule has 2 heterocycles. The first-order chi connectivity index (χ1) is 10.1. The largest absolute Gasteiger partial charge is 0.365 e. The number of hydrogen-bond donors (Lipinski definition) is 2. The van der Waals surface area contributed by atoms with E-state index in [1.807, 2.05) is 6.92 Å². The number of aromatic nitrogens is 4. The van der Waals surface area contributed by atoms with Gasteiger partial charge in [0.25, 0.3) is 0 Å². The van der Waals surface area contributed by atoms with E-state index in [0.717, 1.165) is 25.1 Å². The Kier molecular flexibility index (Phi) is 4.91. The number of nitro groups is 1. The molecule has 8 nitrogen and oxygen atoms in total. The fraction of sp³-hybridized carbons (Fsp3) is 0.538. The maximum Gasteiger partial charge on any atom is 0.333 e. The van der Waals surface area contributed by atoms with Crippen LogP contribution < -0.4 is 5.32 Å². The Bertz CT molecular complexity index is 590. The molecule has 2 N–H and O–H groups in total. The van der Waals surface area contributed by atoms with Gasteiger partial charge in [0.1, 0.15) is 11.5 Å². The molecule has 0 aliphatic carbocycles. The number of H-pyrrole nitrogens is 1. The average Bonchev–Trinajstić information content (AvgIpc) is 3.03. The minimum Gasteiger partial charge on any atom is -0.365 e. The van der Waals surface area contributed by atoms with Gasteiger partial charge in [0, 0.05) is 31.9 Å². The van der Waals surface area contributed by atoms with Crippen molar-refractivity contribution in [2.24, 2.45) is 0 Å². The summed E-state index contributed by atoms with van der Waals surface area (Å²) in [6.45, 7) is 4.98. The van der Waals surface area contributed by atoms with E-state index >= 15 is 0 Å². The van der Waals surface area contributed by atoms with Gasteiger partial charge in [-0.05, 0) is 19.8 Å². The summed E-state index contributed by atoms with van der Waals surface area (Å²) in [5, 5.41) is 18.6. The van der Waals surface area contributed by atoms with Crippen molar-refractivity contribution in [2.45, 2.75) is 39.7 Å². The molecule has 114 valence electrons. The van der Waals surface area contributed by atoms with Crippen molar-refractivity contribution in [2.75, 3.05) is 11.9 Å². The standard InChI is InChI=1S/C13H20N6O2/c1-3-9-18-13(12(19(20)21)10(2)17-18)16-6-4-5-11-14-7-8-15-11/h7-8,16H,3-6,9H2,1-2H3,(H,14,15). The number of aromatic amines is 1. The molecule has 2 aromatic heterocycles. The van der Waals surface area contributed by atoms with E-state index in [0.29, 0.717) is 24.6 Å². The van der Waals surface area contributed by atoms with Crippen molar-refractivity contribution in [1.82, 2.24) is 19.7 Å². The van der Waals surface area contributed by atoms with Crippen LogP contribution in [0.3, 0.4) is 0 Å². The lowest BCUT2D eigenvalue weighted by atomic mass is 10.3. The monoisotopic (exact) mass is 292 g/mol. The number of rotatable bonds is 8. The molecule has 2 aromatic rings. The summed E-state index contributed by atoms with van der Waals surface area (Å²) in [5.41, 5.74) is 0.517. The second-order valence-corrected chi connectivity index (χ2v) is 4.83. The highest BCUT2D eigenvalue weighted by atomic mass is 16.6. The normalized spacial score (nSPS) is 10.8. The van der Waals surface area contributed by atoms with Gasteiger partial charge in [-0.3, -0.25) is 10.1 Å². The summed E-state index contributed by atoms with van der Waals surface area (Å²) in [7, 11) is 0. The summed E-state index contributed by atoms with van der Waals surface area (Å²) in [6.07, 6.45) is 6.01. The van der Waals surface area contributed by atoms with Gasteiger partial charge in [-0.25, -0.2) is 9.67 Å². The molecule has 0 atom stereocenters. The molecule has 0 bridgehead atoms. The first-order valence-electron chi connectivity index (χ1n) is 7.07. The smallest absolute Gasteiger partial charge is 0.333 e. The van der Waals surface area contributed by atoms with Crippen LogP contribution in [0.2, 0.25) is 0 Å². The first-order valence-corrected chi connectivity index (χ1v) is 7.07. The topological polar surface area (TPSA) is 102 Å². The number of nitrogens with one attached hydrogen (secondary N) is 2. The van der Waals surface area contributed by atoms with Crippen LogP contribution in [-0.2, 0) is 13.0 Å².